The van der Waals surface area contributed by atoms with Crippen LogP contribution in [-0.2, 0) is 14.3 Å². The summed E-state index contributed by atoms with van der Waals surface area (Å²) in [6.07, 6.45) is -2.57. The standard InChI is InChI=1S/C11H10O7/c12-7-3-1-6(2-4-7)11(17)18-8(10(15)16)5-9(13)14/h1-4,8,12H,5H2,(H,13,14)(H,15,16)/t8-/m0/s1. The lowest BCUT2D eigenvalue weighted by Crippen LogP contribution is -2.29. The van der Waals surface area contributed by atoms with Crippen molar-refractivity contribution in [2.45, 2.75) is 12.5 Å². The van der Waals surface area contributed by atoms with Gasteiger partial charge in [0.15, 0.2) is 0 Å². The molecule has 0 aliphatic carbocycles. The molecule has 3 N–H and O–H groups in total. The minimum Gasteiger partial charge on any atom is -0.508 e. The van der Waals surface area contributed by atoms with Gasteiger partial charge < -0.3 is 20.1 Å². The van der Waals surface area contributed by atoms with Crippen molar-refractivity contribution in [1.29, 1.82) is 0 Å². The molecule has 18 heavy (non-hydrogen) atoms. The zero-order valence-electron chi connectivity index (χ0n) is 9.07. The Morgan fingerprint density at radius 1 is 1.11 bits per heavy atom. The van der Waals surface area contributed by atoms with Gasteiger partial charge in [0.25, 0.3) is 0 Å². The molecule has 0 saturated heterocycles. The van der Waals surface area contributed by atoms with Gasteiger partial charge in [-0.25, -0.2) is 9.59 Å². The number of hydrogen-bond acceptors (Lipinski definition) is 5. The number of carboxylic acid groups (broad SMARTS) is 2. The second-order valence-corrected chi connectivity index (χ2v) is 3.38. The lowest BCUT2D eigenvalue weighted by molar-refractivity contribution is -0.153. The van der Waals surface area contributed by atoms with Crippen molar-refractivity contribution in [1.82, 2.24) is 0 Å². The number of phenolic OH excluding ortho intramolecular Hbond substituents is 1. The van der Waals surface area contributed by atoms with Crippen LogP contribution in [0.1, 0.15) is 16.8 Å². The molecule has 0 aliphatic heterocycles. The van der Waals surface area contributed by atoms with Crippen molar-refractivity contribution < 1.29 is 34.4 Å². The third-order valence-electron chi connectivity index (χ3n) is 1.99. The Morgan fingerprint density at radius 3 is 2.11 bits per heavy atom. The molecule has 96 valence electrons. The van der Waals surface area contributed by atoms with Crippen LogP contribution in [0.25, 0.3) is 0 Å². The van der Waals surface area contributed by atoms with Gasteiger partial charge in [-0.05, 0) is 24.3 Å². The fourth-order valence-electron chi connectivity index (χ4n) is 1.13. The SMILES string of the molecule is O=C(O)C[C@H](OC(=O)c1ccc(O)cc1)C(=O)O. The van der Waals surface area contributed by atoms with Crippen LogP contribution in [0.3, 0.4) is 0 Å². The van der Waals surface area contributed by atoms with E-state index in [1.54, 1.807) is 0 Å². The molecule has 0 saturated carbocycles. The number of aromatic hydroxyl groups is 1. The highest BCUT2D eigenvalue weighted by Crippen LogP contribution is 2.12. The summed E-state index contributed by atoms with van der Waals surface area (Å²) in [6.45, 7) is 0. The molecule has 0 unspecified atom stereocenters. The first-order chi connectivity index (χ1) is 8.40. The van der Waals surface area contributed by atoms with Crippen LogP contribution in [0, 0.1) is 0 Å². The number of hydrogen-bond donors (Lipinski definition) is 3. The van der Waals surface area contributed by atoms with Crippen molar-refractivity contribution in [3.8, 4) is 5.75 Å². The number of carbonyl (C=O) groups excluding carboxylic acids is 1. The van der Waals surface area contributed by atoms with E-state index >= 15 is 0 Å². The molecule has 1 atom stereocenters. The van der Waals surface area contributed by atoms with E-state index in [4.69, 9.17) is 15.3 Å². The second-order valence-electron chi connectivity index (χ2n) is 3.38. The van der Waals surface area contributed by atoms with Crippen LogP contribution >= 0.6 is 0 Å². The number of rotatable bonds is 5. The topological polar surface area (TPSA) is 121 Å². The Morgan fingerprint density at radius 2 is 1.67 bits per heavy atom. The van der Waals surface area contributed by atoms with E-state index in [2.05, 4.69) is 4.74 Å². The average molecular weight is 254 g/mol. The highest BCUT2D eigenvalue weighted by molar-refractivity contribution is 5.92. The first-order valence-corrected chi connectivity index (χ1v) is 4.84. The number of carboxylic acids is 2. The molecule has 1 rings (SSSR count). The summed E-state index contributed by atoms with van der Waals surface area (Å²) in [5, 5.41) is 26.2. The molecule has 1 aromatic carbocycles. The number of phenols is 1. The van der Waals surface area contributed by atoms with Gasteiger partial charge in [0.05, 0.1) is 12.0 Å². The molecule has 0 heterocycles. The van der Waals surface area contributed by atoms with Crippen molar-refractivity contribution in [3.63, 3.8) is 0 Å². The predicted octanol–water partition coefficient (Wildman–Crippen LogP) is 0.477. The number of benzene rings is 1. The Hall–Kier alpha value is -2.57. The van der Waals surface area contributed by atoms with Crippen LogP contribution in [-0.4, -0.2) is 39.3 Å². The number of ether oxygens (including phenoxy) is 1. The van der Waals surface area contributed by atoms with E-state index in [0.29, 0.717) is 0 Å². The average Bonchev–Trinajstić information content (AvgIpc) is 2.28. The monoisotopic (exact) mass is 254 g/mol. The number of aliphatic carboxylic acids is 2. The Bertz CT molecular complexity index is 463. The molecule has 7 nitrogen and oxygen atoms in total. The first-order valence-electron chi connectivity index (χ1n) is 4.84. The van der Waals surface area contributed by atoms with E-state index in [0.717, 1.165) is 0 Å². The van der Waals surface area contributed by atoms with E-state index < -0.39 is 30.4 Å². The maximum Gasteiger partial charge on any atom is 0.345 e. The molecule has 0 aliphatic rings. The summed E-state index contributed by atoms with van der Waals surface area (Å²) in [7, 11) is 0. The quantitative estimate of drug-likeness (QED) is 0.653. The molecule has 0 aromatic heterocycles. The molecular formula is C11H10O7. The van der Waals surface area contributed by atoms with E-state index in [-0.39, 0.29) is 11.3 Å². The van der Waals surface area contributed by atoms with E-state index in [9.17, 15) is 14.4 Å². The minimum absolute atomic E-state index is 0.0180. The lowest BCUT2D eigenvalue weighted by atomic mass is 10.2. The summed E-state index contributed by atoms with van der Waals surface area (Å²) < 4.78 is 4.55. The summed E-state index contributed by atoms with van der Waals surface area (Å²) in [5.74, 6) is -3.96. The van der Waals surface area contributed by atoms with Crippen LogP contribution in [0.5, 0.6) is 5.75 Å². The highest BCUT2D eigenvalue weighted by atomic mass is 16.6. The van der Waals surface area contributed by atoms with Crippen LogP contribution in [0.4, 0.5) is 0 Å². The summed E-state index contributed by atoms with van der Waals surface area (Å²) in [5.41, 5.74) is 0.0180. The Labute approximate surface area is 101 Å². The Kier molecular flexibility index (Phi) is 4.25. The zero-order valence-corrected chi connectivity index (χ0v) is 9.07. The zero-order chi connectivity index (χ0) is 13.7. The van der Waals surface area contributed by atoms with Gasteiger partial charge in [0, 0.05) is 0 Å². The summed E-state index contributed by atoms with van der Waals surface area (Å²) >= 11 is 0. The van der Waals surface area contributed by atoms with Crippen molar-refractivity contribution in [2.75, 3.05) is 0 Å². The van der Waals surface area contributed by atoms with Crippen LogP contribution in [0.15, 0.2) is 24.3 Å². The lowest BCUT2D eigenvalue weighted by Gasteiger charge is -2.11. The van der Waals surface area contributed by atoms with Crippen LogP contribution in [0.2, 0.25) is 0 Å². The third kappa shape index (κ3) is 3.78. The fraction of sp³-hybridized carbons (Fsp3) is 0.182. The maximum absolute atomic E-state index is 11.5. The first kappa shape index (κ1) is 13.5. The van der Waals surface area contributed by atoms with E-state index in [1.807, 2.05) is 0 Å². The van der Waals surface area contributed by atoms with Crippen molar-refractivity contribution in [3.05, 3.63) is 29.8 Å². The smallest absolute Gasteiger partial charge is 0.345 e. The summed E-state index contributed by atoms with van der Waals surface area (Å²) in [6, 6.07) is 4.92. The van der Waals surface area contributed by atoms with Gasteiger partial charge in [0.1, 0.15) is 5.75 Å². The molecule has 1 aromatic rings. The molecule has 0 amide bonds. The fourth-order valence-corrected chi connectivity index (χ4v) is 1.13. The largest absolute Gasteiger partial charge is 0.508 e. The summed E-state index contributed by atoms with van der Waals surface area (Å²) in [4.78, 5) is 32.6. The number of esters is 1. The molecular weight excluding hydrogens is 244 g/mol. The second kappa shape index (κ2) is 5.67. The molecule has 0 fully saturated rings. The molecule has 0 radical (unpaired) electrons. The van der Waals surface area contributed by atoms with Gasteiger partial charge in [0.2, 0.25) is 6.10 Å². The molecule has 0 bridgehead atoms. The van der Waals surface area contributed by atoms with Crippen LogP contribution < -0.4 is 0 Å². The molecule has 7 heteroatoms. The van der Waals surface area contributed by atoms with Gasteiger partial charge in [-0.3, -0.25) is 4.79 Å². The minimum atomic E-state index is -1.75. The Balaban J connectivity index is 2.75. The van der Waals surface area contributed by atoms with Gasteiger partial charge in [-0.1, -0.05) is 0 Å². The predicted molar refractivity (Wildman–Crippen MR) is 57.2 cm³/mol. The number of carbonyl (C=O) groups is 3. The van der Waals surface area contributed by atoms with Crippen molar-refractivity contribution >= 4 is 17.9 Å². The normalized spacial score (nSPS) is 11.6. The molecule has 0 spiro atoms. The highest BCUT2D eigenvalue weighted by Gasteiger charge is 2.25. The van der Waals surface area contributed by atoms with Gasteiger partial charge in [-0.2, -0.15) is 0 Å². The van der Waals surface area contributed by atoms with E-state index in [1.165, 1.54) is 24.3 Å². The maximum atomic E-state index is 11.5. The van der Waals surface area contributed by atoms with Gasteiger partial charge in [-0.15, -0.1) is 0 Å². The van der Waals surface area contributed by atoms with Crippen molar-refractivity contribution in [2.24, 2.45) is 0 Å². The third-order valence-corrected chi connectivity index (χ3v) is 1.99. The van der Waals surface area contributed by atoms with Gasteiger partial charge >= 0.3 is 17.9 Å².